The van der Waals surface area contributed by atoms with Crippen LogP contribution >= 0.6 is 0 Å². The van der Waals surface area contributed by atoms with E-state index in [4.69, 9.17) is 0 Å². The van der Waals surface area contributed by atoms with Gasteiger partial charge in [0.05, 0.1) is 16.3 Å². The number of hydrogen-bond acceptors (Lipinski definition) is 6. The third-order valence-electron chi connectivity index (χ3n) is 8.55. The van der Waals surface area contributed by atoms with Gasteiger partial charge in [-0.05, 0) is 98.3 Å². The van der Waals surface area contributed by atoms with Crippen LogP contribution < -0.4 is 9.80 Å². The van der Waals surface area contributed by atoms with Crippen LogP contribution in [0.1, 0.15) is 33.9 Å². The Balaban J connectivity index is 0.000000346. The van der Waals surface area contributed by atoms with Crippen molar-refractivity contribution in [3.05, 3.63) is 173 Å². The summed E-state index contributed by atoms with van der Waals surface area (Å²) in [6.07, 6.45) is 4.44. The third-order valence-corrected chi connectivity index (χ3v) is 10.2. The number of benzene rings is 5. The van der Waals surface area contributed by atoms with Crippen LogP contribution in [0.4, 0.5) is 8.78 Å². The van der Waals surface area contributed by atoms with E-state index in [0.717, 1.165) is 55.0 Å². The first kappa shape index (κ1) is 45.5. The first-order chi connectivity index (χ1) is 24.7. The lowest BCUT2D eigenvalue weighted by atomic mass is 9.96. The SMILES string of the molecule is Cc1ccc(S(=O)(=O)[O-])cc1.Cc1ccc(S(=O)(=O)[O-])cc1.Fc1ccc(C(c2ccc(F)cc2)[NH+]2CC[NH+](C/C=C/c3ccccc3)CC2)cc1.O.O. The molecule has 1 aliphatic rings. The minimum absolute atomic E-state index is 0. The molecular formula is C40H46F2N2O8S2. The van der Waals surface area contributed by atoms with Crippen LogP contribution in [0.2, 0.25) is 0 Å². The smallest absolute Gasteiger partial charge is 0.139 e. The van der Waals surface area contributed by atoms with Gasteiger partial charge >= 0.3 is 0 Å². The third kappa shape index (κ3) is 14.6. The molecule has 6 rings (SSSR count). The number of rotatable bonds is 8. The largest absolute Gasteiger partial charge is 0.744 e. The second kappa shape index (κ2) is 21.3. The Kier molecular flexibility index (Phi) is 18.0. The normalized spacial score (nSPS) is 15.5. The molecule has 5 aromatic carbocycles. The topological polar surface area (TPSA) is 186 Å². The average Bonchev–Trinajstić information content (AvgIpc) is 3.11. The summed E-state index contributed by atoms with van der Waals surface area (Å²) in [5.41, 5.74) is 5.24. The molecule has 1 heterocycles. The van der Waals surface area contributed by atoms with Gasteiger partial charge in [-0.15, -0.1) is 0 Å². The monoisotopic (exact) mass is 784 g/mol. The summed E-state index contributed by atoms with van der Waals surface area (Å²) in [6.45, 7) is 8.85. The van der Waals surface area contributed by atoms with E-state index in [1.807, 2.05) is 44.2 Å². The molecule has 0 aliphatic carbocycles. The van der Waals surface area contributed by atoms with Crippen molar-refractivity contribution in [2.45, 2.75) is 29.7 Å². The van der Waals surface area contributed by atoms with E-state index >= 15 is 0 Å². The van der Waals surface area contributed by atoms with E-state index in [0.29, 0.717) is 0 Å². The molecule has 54 heavy (non-hydrogen) atoms. The molecule has 0 saturated carbocycles. The lowest BCUT2D eigenvalue weighted by Gasteiger charge is -2.34. The highest BCUT2D eigenvalue weighted by molar-refractivity contribution is 7.86. The predicted molar refractivity (Wildman–Crippen MR) is 202 cm³/mol. The van der Waals surface area contributed by atoms with Crippen LogP contribution in [0.15, 0.2) is 143 Å². The van der Waals surface area contributed by atoms with Gasteiger partial charge < -0.3 is 29.9 Å². The van der Waals surface area contributed by atoms with E-state index in [2.05, 4.69) is 36.4 Å². The first-order valence-corrected chi connectivity index (χ1v) is 19.5. The molecule has 5 aromatic rings. The molecule has 6 N–H and O–H groups in total. The minimum atomic E-state index is -4.27. The van der Waals surface area contributed by atoms with Crippen LogP contribution in [0.3, 0.4) is 0 Å². The number of nitrogens with one attached hydrogen (secondary N) is 2. The molecule has 0 bridgehead atoms. The van der Waals surface area contributed by atoms with Gasteiger partial charge in [0, 0.05) is 11.1 Å². The summed E-state index contributed by atoms with van der Waals surface area (Å²) in [5.74, 6) is -0.461. The van der Waals surface area contributed by atoms with Crippen molar-refractivity contribution < 1.29 is 55.5 Å². The van der Waals surface area contributed by atoms with Crippen molar-refractivity contribution in [1.82, 2.24) is 0 Å². The lowest BCUT2D eigenvalue weighted by molar-refractivity contribution is -1.02. The highest BCUT2D eigenvalue weighted by atomic mass is 32.2. The summed E-state index contributed by atoms with van der Waals surface area (Å²) in [4.78, 5) is 2.66. The molecule has 0 radical (unpaired) electrons. The Labute approximate surface area is 316 Å². The average molecular weight is 785 g/mol. The Morgan fingerprint density at radius 3 is 1.35 bits per heavy atom. The highest BCUT2D eigenvalue weighted by Crippen LogP contribution is 2.20. The van der Waals surface area contributed by atoms with Gasteiger partial charge in [0.1, 0.15) is 64.1 Å². The number of hydrogen-bond donors (Lipinski definition) is 2. The number of piperazine rings is 1. The van der Waals surface area contributed by atoms with Crippen molar-refractivity contribution in [2.24, 2.45) is 0 Å². The molecule has 0 spiro atoms. The summed E-state index contributed by atoms with van der Waals surface area (Å²) < 4.78 is 89.3. The predicted octanol–water partition coefficient (Wildman–Crippen LogP) is 2.70. The van der Waals surface area contributed by atoms with E-state index in [1.54, 1.807) is 29.2 Å². The number of aryl methyl sites for hydroxylation is 2. The van der Waals surface area contributed by atoms with Crippen molar-refractivity contribution in [2.75, 3.05) is 32.7 Å². The zero-order valence-corrected chi connectivity index (χ0v) is 31.5. The number of halogens is 2. The highest BCUT2D eigenvalue weighted by Gasteiger charge is 2.31. The lowest BCUT2D eigenvalue weighted by Crippen LogP contribution is -3.28. The van der Waals surface area contributed by atoms with E-state index in [1.165, 1.54) is 59.0 Å². The maximum Gasteiger partial charge on any atom is 0.139 e. The zero-order chi connectivity index (χ0) is 37.7. The Bertz CT molecular complexity index is 1970. The second-order valence-electron chi connectivity index (χ2n) is 12.5. The molecule has 10 nitrogen and oxygen atoms in total. The molecule has 0 unspecified atom stereocenters. The zero-order valence-electron chi connectivity index (χ0n) is 29.9. The maximum absolute atomic E-state index is 13.5. The molecule has 1 saturated heterocycles. The molecule has 0 atom stereocenters. The quantitative estimate of drug-likeness (QED) is 0.228. The Morgan fingerprint density at radius 2 is 0.981 bits per heavy atom. The molecule has 1 aliphatic heterocycles. The summed E-state index contributed by atoms with van der Waals surface area (Å²) >= 11 is 0. The van der Waals surface area contributed by atoms with Crippen LogP contribution in [0.25, 0.3) is 6.08 Å². The fourth-order valence-corrected chi connectivity index (χ4v) is 6.67. The van der Waals surface area contributed by atoms with Gasteiger partial charge in [0.15, 0.2) is 0 Å². The minimum Gasteiger partial charge on any atom is -0.744 e. The van der Waals surface area contributed by atoms with Gasteiger partial charge in [-0.2, -0.15) is 0 Å². The Hall–Kier alpha value is -4.64. The summed E-state index contributed by atoms with van der Waals surface area (Å²) in [5, 5.41) is 0. The molecular weight excluding hydrogens is 739 g/mol. The standard InChI is InChI=1S/C26H26F2N2.2C7H8O3S.2H2O/c27-24-12-8-22(9-13-24)26(23-10-14-25(28)15-11-23)30-19-17-29(18-20-30)16-4-7-21-5-2-1-3-6-21;2*1-6-2-4-7(5-3-6)11(8,9)10;;/h1-15,26H,16-20H2;2*2-5H,1H3,(H,8,9,10);2*1H2/b7-4+;;;;. The molecule has 0 aromatic heterocycles. The van der Waals surface area contributed by atoms with E-state index < -0.39 is 20.2 Å². The van der Waals surface area contributed by atoms with Crippen LogP contribution in [-0.4, -0.2) is 69.6 Å². The Morgan fingerprint density at radius 1 is 0.593 bits per heavy atom. The summed E-state index contributed by atoms with van der Waals surface area (Å²) in [6, 6.07) is 35.5. The van der Waals surface area contributed by atoms with Crippen molar-refractivity contribution >= 4 is 26.3 Å². The van der Waals surface area contributed by atoms with Crippen molar-refractivity contribution in [1.29, 1.82) is 0 Å². The molecule has 1 fully saturated rings. The van der Waals surface area contributed by atoms with E-state index in [-0.39, 0.29) is 38.4 Å². The maximum atomic E-state index is 13.5. The number of quaternary nitrogens is 2. The van der Waals surface area contributed by atoms with Crippen LogP contribution in [-0.2, 0) is 20.2 Å². The summed E-state index contributed by atoms with van der Waals surface area (Å²) in [7, 11) is -8.54. The molecule has 0 amide bonds. The van der Waals surface area contributed by atoms with E-state index in [9.17, 15) is 34.7 Å². The first-order valence-electron chi connectivity index (χ1n) is 16.6. The van der Waals surface area contributed by atoms with Gasteiger partial charge in [0.25, 0.3) is 0 Å². The fourth-order valence-electron chi connectivity index (χ4n) is 5.73. The second-order valence-corrected chi connectivity index (χ2v) is 15.3. The van der Waals surface area contributed by atoms with Gasteiger partial charge in [0.2, 0.25) is 0 Å². The van der Waals surface area contributed by atoms with Gasteiger partial charge in [-0.25, -0.2) is 25.6 Å². The van der Waals surface area contributed by atoms with Crippen molar-refractivity contribution in [3.8, 4) is 0 Å². The van der Waals surface area contributed by atoms with Crippen molar-refractivity contribution in [3.63, 3.8) is 0 Å². The van der Waals surface area contributed by atoms with Gasteiger partial charge in [-0.1, -0.05) is 71.8 Å². The van der Waals surface area contributed by atoms with Gasteiger partial charge in [-0.3, -0.25) is 0 Å². The fraction of sp³-hybridized carbons (Fsp3) is 0.200. The van der Waals surface area contributed by atoms with Crippen LogP contribution in [0, 0.1) is 25.5 Å². The molecule has 290 valence electrons. The molecule has 14 heteroatoms. The van der Waals surface area contributed by atoms with Crippen LogP contribution in [0.5, 0.6) is 0 Å².